The lowest BCUT2D eigenvalue weighted by atomic mass is 10.3. The number of urea groups is 1. The van der Waals surface area contributed by atoms with Crippen LogP contribution < -0.4 is 5.32 Å². The molecular formula is C12H18N4O3S. The Labute approximate surface area is 121 Å². The molecule has 2 rings (SSSR count). The van der Waals surface area contributed by atoms with Gasteiger partial charge in [0, 0.05) is 24.7 Å². The topological polar surface area (TPSA) is 87.5 Å². The van der Waals surface area contributed by atoms with Gasteiger partial charge in [0.15, 0.2) is 0 Å². The normalized spacial score (nSPS) is 21.9. The molecule has 1 aromatic rings. The van der Waals surface area contributed by atoms with E-state index in [2.05, 4.69) is 10.4 Å². The first-order valence-electron chi connectivity index (χ1n) is 6.51. The van der Waals surface area contributed by atoms with Crippen LogP contribution in [0.2, 0.25) is 0 Å². The highest BCUT2D eigenvalue weighted by Crippen LogP contribution is 2.31. The molecule has 2 amide bonds. The van der Waals surface area contributed by atoms with Gasteiger partial charge >= 0.3 is 12.0 Å². The molecule has 7 nitrogen and oxygen atoms in total. The SMILES string of the molecule is CCC1SCC(C(=O)O)N1C(=O)NCCn1cccn1. The van der Waals surface area contributed by atoms with Gasteiger partial charge in [-0.25, -0.2) is 9.59 Å². The number of nitrogens with one attached hydrogen (secondary N) is 1. The molecule has 1 saturated heterocycles. The second-order valence-corrected chi connectivity index (χ2v) is 5.67. The van der Waals surface area contributed by atoms with Gasteiger partial charge in [-0.2, -0.15) is 5.10 Å². The van der Waals surface area contributed by atoms with Gasteiger partial charge in [-0.05, 0) is 12.5 Å². The monoisotopic (exact) mass is 298 g/mol. The molecule has 20 heavy (non-hydrogen) atoms. The first kappa shape index (κ1) is 14.7. The van der Waals surface area contributed by atoms with Gasteiger partial charge in [-0.15, -0.1) is 11.8 Å². The maximum absolute atomic E-state index is 12.2. The van der Waals surface area contributed by atoms with Crippen molar-refractivity contribution in [1.29, 1.82) is 0 Å². The molecule has 0 radical (unpaired) electrons. The van der Waals surface area contributed by atoms with Crippen LogP contribution in [-0.2, 0) is 11.3 Å². The zero-order chi connectivity index (χ0) is 14.5. The molecule has 0 bridgehead atoms. The number of carboxylic acid groups (broad SMARTS) is 1. The summed E-state index contributed by atoms with van der Waals surface area (Å²) in [4.78, 5) is 24.8. The molecule has 2 atom stereocenters. The van der Waals surface area contributed by atoms with Crippen LogP contribution in [0.1, 0.15) is 13.3 Å². The number of hydrogen-bond acceptors (Lipinski definition) is 4. The lowest BCUT2D eigenvalue weighted by Gasteiger charge is -2.26. The van der Waals surface area contributed by atoms with E-state index in [4.69, 9.17) is 0 Å². The molecule has 0 aromatic carbocycles. The zero-order valence-corrected chi connectivity index (χ0v) is 12.0. The zero-order valence-electron chi connectivity index (χ0n) is 11.2. The molecule has 110 valence electrons. The number of nitrogens with zero attached hydrogens (tertiary/aromatic N) is 3. The Balaban J connectivity index is 1.90. The molecular weight excluding hydrogens is 280 g/mol. The highest BCUT2D eigenvalue weighted by molar-refractivity contribution is 8.00. The average Bonchev–Trinajstić information content (AvgIpc) is 3.07. The van der Waals surface area contributed by atoms with E-state index in [0.29, 0.717) is 18.8 Å². The summed E-state index contributed by atoms with van der Waals surface area (Å²) in [6.45, 7) is 2.94. The van der Waals surface area contributed by atoms with Crippen molar-refractivity contribution < 1.29 is 14.7 Å². The quantitative estimate of drug-likeness (QED) is 0.841. The fraction of sp³-hybridized carbons (Fsp3) is 0.583. The molecule has 1 aliphatic heterocycles. The number of amides is 2. The molecule has 2 heterocycles. The fourth-order valence-corrected chi connectivity index (χ4v) is 3.49. The van der Waals surface area contributed by atoms with Crippen LogP contribution in [0, 0.1) is 0 Å². The maximum Gasteiger partial charge on any atom is 0.327 e. The molecule has 1 aromatic heterocycles. The Morgan fingerprint density at radius 2 is 2.35 bits per heavy atom. The number of rotatable bonds is 5. The molecule has 1 fully saturated rings. The minimum atomic E-state index is -0.948. The molecule has 0 spiro atoms. The number of carboxylic acids is 1. The van der Waals surface area contributed by atoms with E-state index in [9.17, 15) is 14.7 Å². The van der Waals surface area contributed by atoms with E-state index in [1.807, 2.05) is 19.2 Å². The second kappa shape index (κ2) is 6.65. The van der Waals surface area contributed by atoms with Gasteiger partial charge in [0.05, 0.1) is 11.9 Å². The van der Waals surface area contributed by atoms with Crippen LogP contribution in [-0.4, -0.2) is 55.5 Å². The number of thioether (sulfide) groups is 1. The predicted octanol–water partition coefficient (Wildman–Crippen LogP) is 0.831. The van der Waals surface area contributed by atoms with Crippen molar-refractivity contribution in [2.75, 3.05) is 12.3 Å². The van der Waals surface area contributed by atoms with Gasteiger partial charge in [-0.3, -0.25) is 9.58 Å². The molecule has 0 aliphatic carbocycles. The minimum absolute atomic E-state index is 0.0687. The minimum Gasteiger partial charge on any atom is -0.480 e. The van der Waals surface area contributed by atoms with Crippen molar-refractivity contribution in [3.05, 3.63) is 18.5 Å². The fourth-order valence-electron chi connectivity index (χ4n) is 2.14. The van der Waals surface area contributed by atoms with Crippen molar-refractivity contribution in [2.45, 2.75) is 31.3 Å². The third-order valence-corrected chi connectivity index (χ3v) is 4.59. The standard InChI is InChI=1S/C12H18N4O3S/c1-2-10-16(9(8-20-10)11(17)18)12(19)13-5-7-15-6-3-4-14-15/h3-4,6,9-10H,2,5,7-8H2,1H3,(H,13,19)(H,17,18). The molecule has 2 unspecified atom stereocenters. The lowest BCUT2D eigenvalue weighted by Crippen LogP contribution is -2.50. The Hall–Kier alpha value is -1.70. The van der Waals surface area contributed by atoms with Crippen molar-refractivity contribution in [1.82, 2.24) is 20.0 Å². The van der Waals surface area contributed by atoms with Crippen LogP contribution in [0.4, 0.5) is 4.79 Å². The summed E-state index contributed by atoms with van der Waals surface area (Å²) in [6, 6.07) is 0.753. The lowest BCUT2D eigenvalue weighted by molar-refractivity contribution is -0.141. The predicted molar refractivity (Wildman–Crippen MR) is 75.4 cm³/mol. The van der Waals surface area contributed by atoms with Crippen molar-refractivity contribution in [3.63, 3.8) is 0 Å². The molecule has 8 heteroatoms. The Kier molecular flexibility index (Phi) is 4.89. The van der Waals surface area contributed by atoms with E-state index in [-0.39, 0.29) is 11.4 Å². The summed E-state index contributed by atoms with van der Waals surface area (Å²) in [7, 11) is 0. The summed E-state index contributed by atoms with van der Waals surface area (Å²) in [6.07, 6.45) is 4.22. The van der Waals surface area contributed by atoms with Gasteiger partial charge in [0.25, 0.3) is 0 Å². The number of carbonyl (C=O) groups excluding carboxylic acids is 1. The van der Waals surface area contributed by atoms with E-state index in [1.54, 1.807) is 10.9 Å². The van der Waals surface area contributed by atoms with Crippen molar-refractivity contribution >= 4 is 23.8 Å². The second-order valence-electron chi connectivity index (χ2n) is 4.46. The maximum atomic E-state index is 12.2. The summed E-state index contributed by atoms with van der Waals surface area (Å²) >= 11 is 1.51. The van der Waals surface area contributed by atoms with Gasteiger partial charge in [-0.1, -0.05) is 6.92 Å². The molecule has 0 saturated carbocycles. The van der Waals surface area contributed by atoms with Crippen LogP contribution in [0.25, 0.3) is 0 Å². The van der Waals surface area contributed by atoms with Gasteiger partial charge in [0.1, 0.15) is 6.04 Å². The van der Waals surface area contributed by atoms with Gasteiger partial charge < -0.3 is 10.4 Å². The van der Waals surface area contributed by atoms with Crippen LogP contribution in [0.3, 0.4) is 0 Å². The largest absolute Gasteiger partial charge is 0.480 e. The number of hydrogen-bond donors (Lipinski definition) is 2. The summed E-state index contributed by atoms with van der Waals surface area (Å²) < 4.78 is 1.71. The van der Waals surface area contributed by atoms with Crippen LogP contribution >= 0.6 is 11.8 Å². The first-order valence-corrected chi connectivity index (χ1v) is 7.56. The van der Waals surface area contributed by atoms with Crippen LogP contribution in [0.5, 0.6) is 0 Å². The molecule has 1 aliphatic rings. The number of aromatic nitrogens is 2. The third-order valence-electron chi connectivity index (χ3n) is 3.14. The average molecular weight is 298 g/mol. The van der Waals surface area contributed by atoms with E-state index >= 15 is 0 Å². The Morgan fingerprint density at radius 3 is 2.95 bits per heavy atom. The highest BCUT2D eigenvalue weighted by atomic mass is 32.2. The third kappa shape index (κ3) is 3.24. The molecule has 2 N–H and O–H groups in total. The van der Waals surface area contributed by atoms with Crippen molar-refractivity contribution in [2.24, 2.45) is 0 Å². The number of carbonyl (C=O) groups is 2. The Bertz CT molecular complexity index is 465. The number of aliphatic carboxylic acids is 1. The van der Waals surface area contributed by atoms with E-state index in [1.165, 1.54) is 16.7 Å². The highest BCUT2D eigenvalue weighted by Gasteiger charge is 2.40. The van der Waals surface area contributed by atoms with Crippen LogP contribution in [0.15, 0.2) is 18.5 Å². The summed E-state index contributed by atoms with van der Waals surface area (Å²) in [5, 5.41) is 15.9. The summed E-state index contributed by atoms with van der Waals surface area (Å²) in [5.74, 6) is -0.504. The van der Waals surface area contributed by atoms with Gasteiger partial charge in [0.2, 0.25) is 0 Å². The smallest absolute Gasteiger partial charge is 0.327 e. The van der Waals surface area contributed by atoms with E-state index < -0.39 is 12.0 Å². The Morgan fingerprint density at radius 1 is 1.55 bits per heavy atom. The van der Waals surface area contributed by atoms with E-state index in [0.717, 1.165) is 6.42 Å². The summed E-state index contributed by atoms with van der Waals surface area (Å²) in [5.41, 5.74) is 0. The van der Waals surface area contributed by atoms with Crippen molar-refractivity contribution in [3.8, 4) is 0 Å². The first-order chi connectivity index (χ1) is 9.63.